The fraction of sp³-hybridized carbons (Fsp3) is 0.188. The monoisotopic (exact) mass is 307 g/mol. The number of hydrogen-bond acceptors (Lipinski definition) is 2. The molecule has 1 N–H and O–H groups in total. The van der Waals surface area contributed by atoms with Crippen LogP contribution in [0.25, 0.3) is 0 Å². The predicted molar refractivity (Wildman–Crippen MR) is 81.2 cm³/mol. The van der Waals surface area contributed by atoms with E-state index in [1.54, 1.807) is 43.3 Å². The van der Waals surface area contributed by atoms with Crippen molar-refractivity contribution in [2.45, 2.75) is 19.4 Å². The van der Waals surface area contributed by atoms with Gasteiger partial charge >= 0.3 is 0 Å². The molecular weight excluding hydrogens is 293 g/mol. The van der Waals surface area contributed by atoms with Crippen LogP contribution in [0.1, 0.15) is 13.3 Å². The van der Waals surface area contributed by atoms with Crippen molar-refractivity contribution in [3.05, 3.63) is 59.4 Å². The lowest BCUT2D eigenvalue weighted by molar-refractivity contribution is -0.122. The second-order valence-corrected chi connectivity index (χ2v) is 4.82. The third-order valence-electron chi connectivity index (χ3n) is 2.90. The van der Waals surface area contributed by atoms with Crippen molar-refractivity contribution in [2.75, 3.05) is 5.32 Å². The Balaban J connectivity index is 2.09. The van der Waals surface area contributed by atoms with Crippen LogP contribution in [-0.4, -0.2) is 12.0 Å². The van der Waals surface area contributed by atoms with Gasteiger partial charge in [0.1, 0.15) is 0 Å². The zero-order valence-corrected chi connectivity index (χ0v) is 12.2. The van der Waals surface area contributed by atoms with Crippen molar-refractivity contribution in [3.63, 3.8) is 0 Å². The van der Waals surface area contributed by atoms with E-state index in [0.717, 1.165) is 0 Å². The Hall–Kier alpha value is -2.07. The van der Waals surface area contributed by atoms with Crippen LogP contribution in [0.2, 0.25) is 5.02 Å². The Morgan fingerprint density at radius 3 is 2.57 bits per heavy atom. The molecule has 1 amide bonds. The average Bonchev–Trinajstić information content (AvgIpc) is 2.48. The van der Waals surface area contributed by atoms with E-state index >= 15 is 0 Å². The number of amides is 1. The molecule has 0 saturated heterocycles. The maximum Gasteiger partial charge on any atom is 0.265 e. The van der Waals surface area contributed by atoms with Crippen LogP contribution in [0.5, 0.6) is 5.75 Å². The highest BCUT2D eigenvalue weighted by atomic mass is 35.5. The standard InChI is InChI=1S/C16H15ClFNO2/c1-2-14(21-15-10-6-4-8-12(15)18)16(20)19-13-9-5-3-7-11(13)17/h3-10,14H,2H2,1H3,(H,19,20)/t14-/m1/s1. The Morgan fingerprint density at radius 2 is 1.90 bits per heavy atom. The maximum absolute atomic E-state index is 13.6. The third kappa shape index (κ3) is 3.95. The minimum atomic E-state index is -0.793. The lowest BCUT2D eigenvalue weighted by Gasteiger charge is -2.18. The minimum Gasteiger partial charge on any atom is -0.478 e. The number of anilines is 1. The van der Waals surface area contributed by atoms with Crippen LogP contribution in [0, 0.1) is 5.82 Å². The van der Waals surface area contributed by atoms with E-state index in [1.165, 1.54) is 12.1 Å². The molecule has 1 atom stereocenters. The molecule has 2 rings (SSSR count). The SMILES string of the molecule is CC[C@@H](Oc1ccccc1F)C(=O)Nc1ccccc1Cl. The van der Waals surface area contributed by atoms with Gasteiger partial charge in [0.2, 0.25) is 0 Å². The zero-order valence-electron chi connectivity index (χ0n) is 11.5. The molecule has 0 saturated carbocycles. The van der Waals surface area contributed by atoms with Crippen molar-refractivity contribution in [1.82, 2.24) is 0 Å². The van der Waals surface area contributed by atoms with Crippen molar-refractivity contribution in [3.8, 4) is 5.75 Å². The van der Waals surface area contributed by atoms with E-state index < -0.39 is 11.9 Å². The molecule has 5 heteroatoms. The minimum absolute atomic E-state index is 0.0543. The highest BCUT2D eigenvalue weighted by Crippen LogP contribution is 2.22. The van der Waals surface area contributed by atoms with E-state index in [2.05, 4.69) is 5.32 Å². The molecular formula is C16H15ClFNO2. The van der Waals surface area contributed by atoms with Crippen molar-refractivity contribution >= 4 is 23.2 Å². The molecule has 0 aliphatic carbocycles. The summed E-state index contributed by atoms with van der Waals surface area (Å²) in [4.78, 5) is 12.2. The fourth-order valence-corrected chi connectivity index (χ4v) is 1.97. The molecule has 21 heavy (non-hydrogen) atoms. The summed E-state index contributed by atoms with van der Waals surface area (Å²) in [5.41, 5.74) is 0.500. The quantitative estimate of drug-likeness (QED) is 0.895. The fourth-order valence-electron chi connectivity index (χ4n) is 1.79. The molecule has 2 aromatic rings. The first kappa shape index (κ1) is 15.3. The number of halogens is 2. The number of nitrogens with one attached hydrogen (secondary N) is 1. The Morgan fingerprint density at radius 1 is 1.24 bits per heavy atom. The Kier molecular flexibility index (Phi) is 5.17. The molecule has 0 aliphatic rings. The van der Waals surface area contributed by atoms with Crippen LogP contribution >= 0.6 is 11.6 Å². The normalized spacial score (nSPS) is 11.8. The van der Waals surface area contributed by atoms with Gasteiger partial charge in [-0.05, 0) is 30.7 Å². The molecule has 0 spiro atoms. The van der Waals surface area contributed by atoms with E-state index in [4.69, 9.17) is 16.3 Å². The van der Waals surface area contributed by atoms with Crippen LogP contribution in [0.15, 0.2) is 48.5 Å². The molecule has 0 unspecified atom stereocenters. The molecule has 3 nitrogen and oxygen atoms in total. The van der Waals surface area contributed by atoms with E-state index in [9.17, 15) is 9.18 Å². The second kappa shape index (κ2) is 7.09. The lowest BCUT2D eigenvalue weighted by Crippen LogP contribution is -2.32. The molecule has 2 aromatic carbocycles. The number of benzene rings is 2. The van der Waals surface area contributed by atoms with Gasteiger partial charge in [-0.3, -0.25) is 4.79 Å². The summed E-state index contributed by atoms with van der Waals surface area (Å²) in [6.07, 6.45) is -0.386. The van der Waals surface area contributed by atoms with Crippen molar-refractivity contribution < 1.29 is 13.9 Å². The molecule has 110 valence electrons. The summed E-state index contributed by atoms with van der Waals surface area (Å²) >= 11 is 5.99. The van der Waals surface area contributed by atoms with E-state index in [-0.39, 0.29) is 11.7 Å². The maximum atomic E-state index is 13.6. The molecule has 0 aromatic heterocycles. The van der Waals surface area contributed by atoms with Crippen molar-refractivity contribution in [2.24, 2.45) is 0 Å². The molecule has 0 bridgehead atoms. The largest absolute Gasteiger partial charge is 0.478 e. The number of carbonyl (C=O) groups is 1. The van der Waals surface area contributed by atoms with Gasteiger partial charge in [0.05, 0.1) is 10.7 Å². The van der Waals surface area contributed by atoms with Gasteiger partial charge in [-0.25, -0.2) is 4.39 Å². The second-order valence-electron chi connectivity index (χ2n) is 4.41. The number of hydrogen-bond donors (Lipinski definition) is 1. The average molecular weight is 308 g/mol. The van der Waals surface area contributed by atoms with E-state index in [1.807, 2.05) is 0 Å². The third-order valence-corrected chi connectivity index (χ3v) is 3.23. The zero-order chi connectivity index (χ0) is 15.2. The summed E-state index contributed by atoms with van der Waals surface area (Å²) in [6, 6.07) is 12.9. The first-order valence-electron chi connectivity index (χ1n) is 6.58. The van der Waals surface area contributed by atoms with Crippen LogP contribution in [-0.2, 0) is 4.79 Å². The van der Waals surface area contributed by atoms with Crippen LogP contribution < -0.4 is 10.1 Å². The van der Waals surface area contributed by atoms with Gasteiger partial charge in [0.25, 0.3) is 5.91 Å². The van der Waals surface area contributed by atoms with Gasteiger partial charge in [-0.2, -0.15) is 0 Å². The Labute approximate surface area is 127 Å². The molecule has 0 fully saturated rings. The van der Waals surface area contributed by atoms with Gasteiger partial charge in [0, 0.05) is 0 Å². The first-order chi connectivity index (χ1) is 10.1. The number of ether oxygens (including phenoxy) is 1. The van der Waals surface area contributed by atoms with Gasteiger partial charge in [-0.15, -0.1) is 0 Å². The van der Waals surface area contributed by atoms with Crippen molar-refractivity contribution in [1.29, 1.82) is 0 Å². The number of rotatable bonds is 5. The summed E-state index contributed by atoms with van der Waals surface area (Å²) in [5, 5.41) is 3.12. The number of carbonyl (C=O) groups excluding carboxylic acids is 1. The van der Waals surface area contributed by atoms with Crippen LogP contribution in [0.4, 0.5) is 10.1 Å². The highest BCUT2D eigenvalue weighted by Gasteiger charge is 2.20. The van der Waals surface area contributed by atoms with E-state index in [0.29, 0.717) is 17.1 Å². The molecule has 0 heterocycles. The summed E-state index contributed by atoms with van der Waals surface area (Å²) in [5.74, 6) is -0.811. The Bertz CT molecular complexity index is 633. The van der Waals surface area contributed by atoms with Gasteiger partial charge < -0.3 is 10.1 Å². The summed E-state index contributed by atoms with van der Waals surface area (Å²) in [7, 11) is 0. The van der Waals surface area contributed by atoms with Gasteiger partial charge in [-0.1, -0.05) is 42.8 Å². The smallest absolute Gasteiger partial charge is 0.265 e. The summed E-state index contributed by atoms with van der Waals surface area (Å²) < 4.78 is 19.0. The highest BCUT2D eigenvalue weighted by molar-refractivity contribution is 6.33. The van der Waals surface area contributed by atoms with Gasteiger partial charge in [0.15, 0.2) is 17.7 Å². The molecule has 0 radical (unpaired) electrons. The van der Waals surface area contributed by atoms with Crippen LogP contribution in [0.3, 0.4) is 0 Å². The lowest BCUT2D eigenvalue weighted by atomic mass is 10.2. The first-order valence-corrected chi connectivity index (χ1v) is 6.96. The number of para-hydroxylation sites is 2. The predicted octanol–water partition coefficient (Wildman–Crippen LogP) is 4.28. The molecule has 0 aliphatic heterocycles. The topological polar surface area (TPSA) is 38.3 Å². The summed E-state index contributed by atoms with van der Waals surface area (Å²) in [6.45, 7) is 1.79.